The van der Waals surface area contributed by atoms with Crippen molar-refractivity contribution in [2.24, 2.45) is 0 Å². The van der Waals surface area contributed by atoms with E-state index in [0.29, 0.717) is 11.5 Å². The fourth-order valence-corrected chi connectivity index (χ4v) is 8.68. The summed E-state index contributed by atoms with van der Waals surface area (Å²) in [6.45, 7) is 0. The molecule has 0 aliphatic carbocycles. The number of oxazole rings is 1. The van der Waals surface area contributed by atoms with Gasteiger partial charge in [-0.25, -0.2) is 4.98 Å². The van der Waals surface area contributed by atoms with E-state index in [4.69, 9.17) is 18.2 Å². The van der Waals surface area contributed by atoms with E-state index in [9.17, 15) is 0 Å². The highest BCUT2D eigenvalue weighted by Gasteiger charge is 2.22. The Balaban J connectivity index is 0.990. The number of fused-ring (bicyclic) bond motifs is 7. The maximum absolute atomic E-state index is 6.62. The molecule has 0 spiro atoms. The van der Waals surface area contributed by atoms with Crippen molar-refractivity contribution in [3.63, 3.8) is 0 Å². The normalized spacial score (nSPS) is 11.7. The van der Waals surface area contributed by atoms with E-state index in [-0.39, 0.29) is 0 Å². The lowest BCUT2D eigenvalue weighted by Crippen LogP contribution is -2.09. The molecule has 0 fully saturated rings. The summed E-state index contributed by atoms with van der Waals surface area (Å²) in [6.07, 6.45) is 0. The van der Waals surface area contributed by atoms with Crippen LogP contribution in [0.25, 0.3) is 99.8 Å². The van der Waals surface area contributed by atoms with Gasteiger partial charge in [-0.3, -0.25) is 0 Å². The van der Waals surface area contributed by atoms with Crippen LogP contribution in [0.5, 0.6) is 0 Å². The summed E-state index contributed by atoms with van der Waals surface area (Å²) in [7, 11) is 0. The third-order valence-corrected chi connectivity index (χ3v) is 11.5. The predicted molar refractivity (Wildman–Crippen MR) is 245 cm³/mol. The second-order valence-corrected chi connectivity index (χ2v) is 15.1. The van der Waals surface area contributed by atoms with Crippen molar-refractivity contribution in [1.29, 1.82) is 0 Å². The van der Waals surface area contributed by atoms with Crippen LogP contribution in [0.2, 0.25) is 0 Å². The Labute approximate surface area is 345 Å². The van der Waals surface area contributed by atoms with Gasteiger partial charge >= 0.3 is 0 Å². The van der Waals surface area contributed by atoms with Crippen LogP contribution in [0.3, 0.4) is 0 Å². The van der Waals surface area contributed by atoms with E-state index in [1.54, 1.807) is 0 Å². The molecule has 3 aromatic heterocycles. The highest BCUT2D eigenvalue weighted by Crippen LogP contribution is 2.44. The summed E-state index contributed by atoms with van der Waals surface area (Å²) < 4.78 is 19.3. The highest BCUT2D eigenvalue weighted by atomic mass is 16.4. The van der Waals surface area contributed by atoms with E-state index < -0.39 is 0 Å². The molecule has 0 aliphatic heterocycles. The molecule has 0 aliphatic rings. The van der Waals surface area contributed by atoms with Gasteiger partial charge in [0.15, 0.2) is 5.58 Å². The molecule has 5 heteroatoms. The summed E-state index contributed by atoms with van der Waals surface area (Å²) >= 11 is 0. The highest BCUT2D eigenvalue weighted by molar-refractivity contribution is 6.17. The number of benzene rings is 9. The van der Waals surface area contributed by atoms with Crippen molar-refractivity contribution in [3.05, 3.63) is 206 Å². The molecule has 9 aromatic carbocycles. The Morgan fingerprint density at radius 3 is 1.57 bits per heavy atom. The van der Waals surface area contributed by atoms with E-state index in [2.05, 4.69) is 138 Å². The van der Waals surface area contributed by atoms with Crippen molar-refractivity contribution >= 4 is 72.0 Å². The van der Waals surface area contributed by atoms with Crippen LogP contribution in [0.15, 0.2) is 220 Å². The van der Waals surface area contributed by atoms with Gasteiger partial charge < -0.3 is 18.2 Å². The maximum atomic E-state index is 6.62. The molecule has 0 radical (unpaired) electrons. The van der Waals surface area contributed by atoms with Crippen LogP contribution in [-0.2, 0) is 0 Å². The predicted octanol–water partition coefficient (Wildman–Crippen LogP) is 15.8. The Morgan fingerprint density at radius 1 is 0.350 bits per heavy atom. The zero-order valence-electron chi connectivity index (χ0n) is 32.2. The number of hydrogen-bond acceptors (Lipinski definition) is 5. The molecule has 0 unspecified atom stereocenters. The molecule has 0 saturated carbocycles. The first-order valence-electron chi connectivity index (χ1n) is 20.1. The van der Waals surface area contributed by atoms with Crippen molar-refractivity contribution < 1.29 is 13.3 Å². The van der Waals surface area contributed by atoms with Crippen LogP contribution in [0.1, 0.15) is 0 Å². The first kappa shape index (κ1) is 33.9. The number of nitrogens with zero attached hydrogens (tertiary/aromatic N) is 2. The molecule has 0 N–H and O–H groups in total. The van der Waals surface area contributed by atoms with Crippen molar-refractivity contribution in [1.82, 2.24) is 4.98 Å². The van der Waals surface area contributed by atoms with Gasteiger partial charge in [-0.1, -0.05) is 133 Å². The summed E-state index contributed by atoms with van der Waals surface area (Å²) in [4.78, 5) is 7.39. The lowest BCUT2D eigenvalue weighted by atomic mass is 9.98. The summed E-state index contributed by atoms with van der Waals surface area (Å²) in [5.41, 5.74) is 15.4. The largest absolute Gasteiger partial charge is 0.456 e. The summed E-state index contributed by atoms with van der Waals surface area (Å²) in [5.74, 6) is 0.575. The molecular weight excluding hydrogens is 737 g/mol. The average Bonchev–Trinajstić information content (AvgIpc) is 4.03. The quantitative estimate of drug-likeness (QED) is 0.162. The Hall–Kier alpha value is -8.15. The fraction of sp³-hybridized carbons (Fsp3) is 0. The first-order chi connectivity index (χ1) is 29.7. The van der Waals surface area contributed by atoms with Gasteiger partial charge in [0.1, 0.15) is 27.8 Å². The molecule has 282 valence electrons. The van der Waals surface area contributed by atoms with Gasteiger partial charge in [0.2, 0.25) is 5.89 Å². The van der Waals surface area contributed by atoms with Crippen LogP contribution in [0, 0.1) is 0 Å². The smallest absolute Gasteiger partial charge is 0.227 e. The van der Waals surface area contributed by atoms with Crippen molar-refractivity contribution in [2.75, 3.05) is 4.90 Å². The number of furan rings is 2. The molecule has 3 heterocycles. The minimum absolute atomic E-state index is 0.575. The summed E-state index contributed by atoms with van der Waals surface area (Å²) in [5, 5.41) is 4.27. The van der Waals surface area contributed by atoms with Crippen LogP contribution < -0.4 is 4.90 Å². The molecular formula is C55H34N2O3. The Bertz CT molecular complexity index is 3510. The molecule has 12 aromatic rings. The number of aromatic nitrogens is 1. The number of para-hydroxylation sites is 2. The second-order valence-electron chi connectivity index (χ2n) is 15.1. The van der Waals surface area contributed by atoms with Crippen LogP contribution in [-0.4, -0.2) is 4.98 Å². The molecule has 12 rings (SSSR count). The SMILES string of the molecule is c1ccc(-c2ccc(N(c3ccc(-c4c5nc(-c6ccccc6)oc5cc5c4oc4ccccc45)cc3)c3ccc(-c4cccc5oc6ccccc6c45)cc3)cc2)cc1. The number of anilines is 3. The molecule has 0 atom stereocenters. The van der Waals surface area contributed by atoms with Gasteiger partial charge in [-0.15, -0.1) is 0 Å². The minimum atomic E-state index is 0.575. The number of hydrogen-bond donors (Lipinski definition) is 0. The maximum Gasteiger partial charge on any atom is 0.227 e. The van der Waals surface area contributed by atoms with Crippen LogP contribution in [0.4, 0.5) is 17.1 Å². The standard InChI is InChI=1S/C55H34N2O3/c1-3-12-35(13-4-1)36-22-28-40(29-23-36)57(41-30-24-37(25-31-41)43-18-11-21-49-52(43)45-17-8-10-20-48(45)58-49)42-32-26-38(27-33-42)51-53-50(60-55(56-53)39-14-5-2-6-15-39)34-46-44-16-7-9-19-47(44)59-54(46)51/h1-34H. The monoisotopic (exact) mass is 770 g/mol. The number of rotatable bonds is 7. The van der Waals surface area contributed by atoms with E-state index in [1.165, 1.54) is 5.56 Å². The molecule has 60 heavy (non-hydrogen) atoms. The second kappa shape index (κ2) is 13.8. The lowest BCUT2D eigenvalue weighted by molar-refractivity contribution is 0.620. The van der Waals surface area contributed by atoms with Gasteiger partial charge in [0.25, 0.3) is 0 Å². The van der Waals surface area contributed by atoms with Gasteiger partial charge in [0, 0.05) is 44.2 Å². The molecule has 0 amide bonds. The van der Waals surface area contributed by atoms with E-state index >= 15 is 0 Å². The fourth-order valence-electron chi connectivity index (χ4n) is 8.68. The Kier molecular flexibility index (Phi) is 7.78. The van der Waals surface area contributed by atoms with Gasteiger partial charge in [-0.2, -0.15) is 0 Å². The molecule has 0 saturated heterocycles. The van der Waals surface area contributed by atoms with E-state index in [1.807, 2.05) is 72.8 Å². The van der Waals surface area contributed by atoms with Crippen molar-refractivity contribution in [2.45, 2.75) is 0 Å². The summed E-state index contributed by atoms with van der Waals surface area (Å²) in [6, 6.07) is 71.6. The van der Waals surface area contributed by atoms with Crippen LogP contribution >= 0.6 is 0 Å². The molecule has 5 nitrogen and oxygen atoms in total. The Morgan fingerprint density at radius 2 is 0.883 bits per heavy atom. The zero-order valence-corrected chi connectivity index (χ0v) is 32.2. The zero-order chi connectivity index (χ0) is 39.6. The average molecular weight is 771 g/mol. The van der Waals surface area contributed by atoms with Crippen molar-refractivity contribution in [3.8, 4) is 44.8 Å². The topological polar surface area (TPSA) is 55.6 Å². The molecule has 0 bridgehead atoms. The third kappa shape index (κ3) is 5.59. The van der Waals surface area contributed by atoms with E-state index in [0.717, 1.165) is 99.8 Å². The first-order valence-corrected chi connectivity index (χ1v) is 20.1. The lowest BCUT2D eigenvalue weighted by Gasteiger charge is -2.26. The van der Waals surface area contributed by atoms with Gasteiger partial charge in [0.05, 0.1) is 5.56 Å². The van der Waals surface area contributed by atoms with Gasteiger partial charge in [-0.05, 0) is 101 Å². The minimum Gasteiger partial charge on any atom is -0.456 e. The third-order valence-electron chi connectivity index (χ3n) is 11.5.